The molecule has 0 rings (SSSR count). The van der Waals surface area contributed by atoms with Gasteiger partial charge in [-0.3, -0.25) is 12.5 Å². The second kappa shape index (κ2) is 15.7. The van der Waals surface area contributed by atoms with Gasteiger partial charge >= 0.3 is 0 Å². The fraction of sp³-hybridized carbons (Fsp3) is 0.333. The maximum absolute atomic E-state index is 3.53. The van der Waals surface area contributed by atoms with Crippen LogP contribution in [0.2, 0.25) is 0 Å². The monoisotopic (exact) mass is 208 g/mol. The molecule has 0 aromatic carbocycles. The number of rotatable bonds is 2. The number of hydrogen-bond acceptors (Lipinski definition) is 2. The quantitative estimate of drug-likeness (QED) is 0.502. The van der Waals surface area contributed by atoms with Crippen LogP contribution in [0, 0.1) is 12.5 Å². The number of hydrogen-bond donors (Lipinski definition) is 0. The van der Waals surface area contributed by atoms with Crippen LogP contribution in [-0.4, -0.2) is 5.08 Å². The third-order valence-electron chi connectivity index (χ3n) is 0.167. The molecule has 0 aromatic heterocycles. The number of thioether (sulfide) groups is 2. The Morgan fingerprint density at radius 2 is 1.29 bits per heavy atom. The van der Waals surface area contributed by atoms with Crippen molar-refractivity contribution in [2.75, 3.05) is 5.08 Å². The molecule has 2 radical (unpaired) electrons. The van der Waals surface area contributed by atoms with Crippen LogP contribution in [0.3, 0.4) is 0 Å². The van der Waals surface area contributed by atoms with E-state index in [1.165, 1.54) is 0 Å². The van der Waals surface area contributed by atoms with Crippen molar-refractivity contribution in [1.82, 2.24) is 0 Å². The molecule has 0 atom stereocenters. The van der Waals surface area contributed by atoms with E-state index in [1.54, 1.807) is 23.5 Å². The van der Waals surface area contributed by atoms with Gasteiger partial charge in [0.2, 0.25) is 0 Å². The van der Waals surface area contributed by atoms with E-state index in [0.717, 1.165) is 5.08 Å². The van der Waals surface area contributed by atoms with Crippen molar-refractivity contribution in [3.8, 4) is 0 Å². The Morgan fingerprint density at radius 3 is 1.29 bits per heavy atom. The molecule has 0 saturated carbocycles. The first-order valence-electron chi connectivity index (χ1n) is 1.15. The molecule has 0 aromatic rings. The fourth-order valence-corrected chi connectivity index (χ4v) is 0.530. The topological polar surface area (TPSA) is 0 Å². The summed E-state index contributed by atoms with van der Waals surface area (Å²) in [5.74, 6) is 0. The van der Waals surface area contributed by atoms with E-state index in [4.69, 9.17) is 0 Å². The summed E-state index contributed by atoms with van der Waals surface area (Å²) in [6.45, 7) is 0. The molecule has 4 heteroatoms. The summed E-state index contributed by atoms with van der Waals surface area (Å²) < 4.78 is 0. The van der Waals surface area contributed by atoms with Gasteiger partial charge in [0.1, 0.15) is 0 Å². The predicted octanol–water partition coefficient (Wildman–Crippen LogP) is 1.99. The molecule has 0 saturated heterocycles. The van der Waals surface area contributed by atoms with Gasteiger partial charge in [-0.05, 0) is 5.08 Å². The van der Waals surface area contributed by atoms with Crippen molar-refractivity contribution >= 4 is 23.5 Å². The molecule has 0 fully saturated rings. The largest absolute Gasteiger partial charge is 0.346 e. The maximum atomic E-state index is 3.53. The van der Waals surface area contributed by atoms with Crippen LogP contribution in [0.15, 0.2) is 0 Å². The summed E-state index contributed by atoms with van der Waals surface area (Å²) in [5, 5.41) is 1.00. The first kappa shape index (κ1) is 15.9. The van der Waals surface area contributed by atoms with Gasteiger partial charge < -0.3 is 23.5 Å². The summed E-state index contributed by atoms with van der Waals surface area (Å²) in [7, 11) is 0. The third-order valence-corrected chi connectivity index (χ3v) is 1.50. The van der Waals surface area contributed by atoms with Gasteiger partial charge in [-0.1, -0.05) is 0 Å². The van der Waals surface area contributed by atoms with Gasteiger partial charge in [-0.25, -0.2) is 0 Å². The third kappa shape index (κ3) is 18.1. The van der Waals surface area contributed by atoms with Crippen molar-refractivity contribution < 1.29 is 37.1 Å². The van der Waals surface area contributed by atoms with Crippen LogP contribution in [0.25, 0.3) is 0 Å². The van der Waals surface area contributed by atoms with Crippen LogP contribution < -0.4 is 0 Å². The molecule has 0 unspecified atom stereocenters. The van der Waals surface area contributed by atoms with Gasteiger partial charge in [-0.2, -0.15) is 0 Å². The molecule has 0 aliphatic rings. The molecule has 42 valence electrons. The van der Waals surface area contributed by atoms with Crippen LogP contribution in [0.5, 0.6) is 0 Å². The van der Waals surface area contributed by atoms with Gasteiger partial charge in [0.05, 0.1) is 0 Å². The minimum atomic E-state index is 0. The van der Waals surface area contributed by atoms with Crippen molar-refractivity contribution in [3.05, 3.63) is 12.5 Å². The molecule has 7 heavy (non-hydrogen) atoms. The molecule has 0 N–H and O–H groups in total. The van der Waals surface area contributed by atoms with Crippen molar-refractivity contribution in [2.45, 2.75) is 0 Å². The molecular weight excluding hydrogens is 202 g/mol. The second-order valence-electron chi connectivity index (χ2n) is 0.526. The summed E-state index contributed by atoms with van der Waals surface area (Å²) in [4.78, 5) is 0. The molecule has 0 amide bonds. The van der Waals surface area contributed by atoms with E-state index < -0.39 is 0 Å². The van der Waals surface area contributed by atoms with E-state index in [9.17, 15) is 0 Å². The molecule has 0 aliphatic carbocycles. The van der Waals surface area contributed by atoms with Gasteiger partial charge in [0, 0.05) is 37.1 Å². The Bertz CT molecular complexity index is 18.4. The van der Waals surface area contributed by atoms with Gasteiger partial charge in [-0.15, -0.1) is 0 Å². The minimum absolute atomic E-state index is 0. The smallest absolute Gasteiger partial charge is 0 e. The van der Waals surface area contributed by atoms with E-state index in [0.29, 0.717) is 0 Å². The SMILES string of the molecule is [CH2-]SCS[CH2-].[V].[V]. The maximum Gasteiger partial charge on any atom is 0 e. The van der Waals surface area contributed by atoms with Crippen molar-refractivity contribution in [2.24, 2.45) is 0 Å². The standard InChI is InChI=1S/C3H6S2.2V/c1-4-3-5-2;;/h1-3H2;;/q-2;;. The Morgan fingerprint density at radius 1 is 1.00 bits per heavy atom. The van der Waals surface area contributed by atoms with Crippen LogP contribution in [0.4, 0.5) is 0 Å². The summed E-state index contributed by atoms with van der Waals surface area (Å²) >= 11 is 3.10. The molecular formula is C3H6S2V2-2. The summed E-state index contributed by atoms with van der Waals surface area (Å²) in [5.41, 5.74) is 0. The van der Waals surface area contributed by atoms with Gasteiger partial charge in [0.25, 0.3) is 0 Å². The molecule has 0 nitrogen and oxygen atoms in total. The molecule has 0 bridgehead atoms. The van der Waals surface area contributed by atoms with Crippen molar-refractivity contribution in [1.29, 1.82) is 0 Å². The Labute approximate surface area is 77.7 Å². The van der Waals surface area contributed by atoms with Crippen molar-refractivity contribution in [3.63, 3.8) is 0 Å². The molecule has 0 aliphatic heterocycles. The van der Waals surface area contributed by atoms with Gasteiger partial charge in [0.15, 0.2) is 0 Å². The average Bonchev–Trinajstić information content (AvgIpc) is 1.41. The zero-order chi connectivity index (χ0) is 4.12. The summed E-state index contributed by atoms with van der Waals surface area (Å²) in [6.07, 6.45) is 7.06. The minimum Gasteiger partial charge on any atom is -0.346 e. The summed E-state index contributed by atoms with van der Waals surface area (Å²) in [6, 6.07) is 0. The zero-order valence-electron chi connectivity index (χ0n) is 3.83. The predicted molar refractivity (Wildman–Crippen MR) is 30.8 cm³/mol. The fourth-order valence-electron chi connectivity index (χ4n) is 0.0589. The normalized spacial score (nSPS) is 6.00. The first-order chi connectivity index (χ1) is 2.41. The molecule has 0 heterocycles. The molecule has 0 spiro atoms. The average molecular weight is 208 g/mol. The zero-order valence-corrected chi connectivity index (χ0v) is 8.26. The second-order valence-corrected chi connectivity index (χ2v) is 2.29. The van der Waals surface area contributed by atoms with E-state index in [2.05, 4.69) is 12.5 Å². The van der Waals surface area contributed by atoms with E-state index in [-0.39, 0.29) is 37.1 Å². The van der Waals surface area contributed by atoms with E-state index >= 15 is 0 Å². The Balaban J connectivity index is -0.0000000800. The van der Waals surface area contributed by atoms with Crippen LogP contribution in [0.1, 0.15) is 0 Å². The Kier molecular flexibility index (Phi) is 35.7. The first-order valence-corrected chi connectivity index (χ1v) is 3.46. The van der Waals surface area contributed by atoms with E-state index in [1.807, 2.05) is 0 Å². The van der Waals surface area contributed by atoms with Crippen LogP contribution >= 0.6 is 23.5 Å². The Hall–Kier alpha value is 1.87. The van der Waals surface area contributed by atoms with Crippen LogP contribution in [-0.2, 0) is 37.1 Å².